The molecule has 164 valence electrons. The van der Waals surface area contributed by atoms with E-state index in [-0.39, 0.29) is 18.0 Å². The molecule has 0 saturated heterocycles. The van der Waals surface area contributed by atoms with E-state index in [2.05, 4.69) is 15.4 Å². The average molecular weight is 438 g/mol. The molecule has 7 nitrogen and oxygen atoms in total. The van der Waals surface area contributed by atoms with E-state index in [0.29, 0.717) is 16.8 Å². The molecule has 1 amide bonds. The predicted molar refractivity (Wildman–Crippen MR) is 129 cm³/mol. The van der Waals surface area contributed by atoms with Gasteiger partial charge < -0.3 is 10.3 Å². The van der Waals surface area contributed by atoms with Crippen LogP contribution >= 0.6 is 0 Å². The normalized spacial score (nSPS) is 11.2. The van der Waals surface area contributed by atoms with Gasteiger partial charge in [0.15, 0.2) is 0 Å². The van der Waals surface area contributed by atoms with Gasteiger partial charge >= 0.3 is 0 Å². The Morgan fingerprint density at radius 1 is 1.09 bits per heavy atom. The molecule has 0 aliphatic heterocycles. The van der Waals surface area contributed by atoms with Crippen molar-refractivity contribution in [3.05, 3.63) is 93.5 Å². The minimum Gasteiger partial charge on any atom is -0.348 e. The van der Waals surface area contributed by atoms with Crippen molar-refractivity contribution in [2.75, 3.05) is 0 Å². The first-order valence-corrected chi connectivity index (χ1v) is 10.7. The van der Waals surface area contributed by atoms with E-state index in [1.54, 1.807) is 16.9 Å². The molecular formula is C26H23N5O2. The molecule has 0 aliphatic carbocycles. The van der Waals surface area contributed by atoms with Gasteiger partial charge in [0.25, 0.3) is 11.5 Å². The number of carbonyl (C=O) groups is 1. The Labute approximate surface area is 190 Å². The molecule has 0 radical (unpaired) electrons. The summed E-state index contributed by atoms with van der Waals surface area (Å²) in [7, 11) is 1.87. The van der Waals surface area contributed by atoms with Crippen LogP contribution in [-0.2, 0) is 13.6 Å². The summed E-state index contributed by atoms with van der Waals surface area (Å²) in [6.07, 6.45) is 1.75. The molecule has 5 aromatic rings. The van der Waals surface area contributed by atoms with E-state index >= 15 is 0 Å². The molecule has 0 bridgehead atoms. The highest BCUT2D eigenvalue weighted by Crippen LogP contribution is 2.26. The number of H-pyrrole nitrogens is 1. The summed E-state index contributed by atoms with van der Waals surface area (Å²) in [5.41, 5.74) is 5.90. The third kappa shape index (κ3) is 3.78. The summed E-state index contributed by atoms with van der Waals surface area (Å²) in [5.74, 6) is -0.264. The first-order chi connectivity index (χ1) is 15.9. The summed E-state index contributed by atoms with van der Waals surface area (Å²) >= 11 is 0. The van der Waals surface area contributed by atoms with Gasteiger partial charge in [-0.3, -0.25) is 14.3 Å². The number of aromatic amines is 1. The molecule has 0 aliphatic rings. The molecular weight excluding hydrogens is 414 g/mol. The Morgan fingerprint density at radius 2 is 1.91 bits per heavy atom. The number of hydrogen-bond acceptors (Lipinski definition) is 4. The van der Waals surface area contributed by atoms with Crippen LogP contribution < -0.4 is 10.9 Å². The second kappa shape index (κ2) is 8.02. The molecule has 2 N–H and O–H groups in total. The van der Waals surface area contributed by atoms with Crippen LogP contribution in [0.25, 0.3) is 33.1 Å². The number of amides is 1. The largest absolute Gasteiger partial charge is 0.348 e. The Hall–Kier alpha value is -4.26. The number of rotatable bonds is 4. The number of pyridine rings is 2. The summed E-state index contributed by atoms with van der Waals surface area (Å²) < 4.78 is 1.78. The van der Waals surface area contributed by atoms with Crippen molar-refractivity contribution in [2.45, 2.75) is 20.4 Å². The van der Waals surface area contributed by atoms with Crippen molar-refractivity contribution < 1.29 is 4.79 Å². The lowest BCUT2D eigenvalue weighted by Crippen LogP contribution is -2.27. The molecule has 0 spiro atoms. The molecule has 5 rings (SSSR count). The maximum absolute atomic E-state index is 13.3. The fourth-order valence-corrected chi connectivity index (χ4v) is 4.01. The van der Waals surface area contributed by atoms with Crippen LogP contribution in [0.3, 0.4) is 0 Å². The van der Waals surface area contributed by atoms with Crippen molar-refractivity contribution in [1.82, 2.24) is 25.1 Å². The van der Waals surface area contributed by atoms with Crippen LogP contribution in [-0.4, -0.2) is 25.7 Å². The topological polar surface area (TPSA) is 92.7 Å². The molecule has 0 saturated carbocycles. The highest BCUT2D eigenvalue weighted by molar-refractivity contribution is 6.07. The average Bonchev–Trinajstić information content (AvgIpc) is 3.15. The quantitative estimate of drug-likeness (QED) is 0.444. The molecule has 2 aromatic carbocycles. The zero-order valence-corrected chi connectivity index (χ0v) is 18.6. The fourth-order valence-electron chi connectivity index (χ4n) is 4.01. The number of benzene rings is 2. The molecule has 0 atom stereocenters. The fraction of sp³-hybridized carbons (Fsp3) is 0.154. The number of hydrogen-bond donors (Lipinski definition) is 2. The van der Waals surface area contributed by atoms with Crippen LogP contribution in [0.15, 0.2) is 65.6 Å². The van der Waals surface area contributed by atoms with Gasteiger partial charge in [-0.05, 0) is 49.1 Å². The first kappa shape index (κ1) is 20.6. The van der Waals surface area contributed by atoms with Gasteiger partial charge in [-0.25, -0.2) is 4.98 Å². The highest BCUT2D eigenvalue weighted by atomic mass is 16.1. The highest BCUT2D eigenvalue weighted by Gasteiger charge is 2.16. The molecule has 7 heteroatoms. The van der Waals surface area contributed by atoms with Gasteiger partial charge in [-0.2, -0.15) is 5.10 Å². The monoisotopic (exact) mass is 437 g/mol. The maximum Gasteiger partial charge on any atom is 0.253 e. The molecule has 3 heterocycles. The van der Waals surface area contributed by atoms with Crippen molar-refractivity contribution in [1.29, 1.82) is 0 Å². The van der Waals surface area contributed by atoms with Crippen LogP contribution in [0, 0.1) is 13.8 Å². The van der Waals surface area contributed by atoms with E-state index < -0.39 is 0 Å². The van der Waals surface area contributed by atoms with E-state index in [1.165, 1.54) is 0 Å². The number of fused-ring (bicyclic) bond motifs is 2. The molecule has 3 aromatic heterocycles. The van der Waals surface area contributed by atoms with Gasteiger partial charge in [-0.1, -0.05) is 30.3 Å². The standard InChI is InChI=1S/C26H23N5O2/c1-15-8-9-17-11-18(25(32)30-23(17)10-15)13-27-26(33)20-12-24(21-14-28-31(3)16(21)2)29-22-7-5-4-6-19(20)22/h4-12,14H,13H2,1-3H3,(H,27,33)(H,30,32). The Balaban J connectivity index is 1.50. The van der Waals surface area contributed by atoms with Crippen molar-refractivity contribution in [3.8, 4) is 11.3 Å². The minimum atomic E-state index is -0.264. The maximum atomic E-state index is 13.3. The second-order valence-electron chi connectivity index (χ2n) is 8.24. The number of para-hydroxylation sites is 1. The van der Waals surface area contributed by atoms with Gasteiger partial charge in [0.2, 0.25) is 0 Å². The zero-order chi connectivity index (χ0) is 23.1. The molecule has 0 unspecified atom stereocenters. The van der Waals surface area contributed by atoms with E-state index in [1.807, 2.05) is 69.4 Å². The van der Waals surface area contributed by atoms with Crippen LogP contribution in [0.1, 0.15) is 27.2 Å². The third-order valence-electron chi connectivity index (χ3n) is 5.99. The van der Waals surface area contributed by atoms with Gasteiger partial charge in [0.05, 0.1) is 23.0 Å². The summed E-state index contributed by atoms with van der Waals surface area (Å²) in [4.78, 5) is 33.5. The number of carbonyl (C=O) groups excluding carboxylic acids is 1. The summed E-state index contributed by atoms with van der Waals surface area (Å²) in [5, 5.41) is 8.89. The number of nitrogens with one attached hydrogen (secondary N) is 2. The predicted octanol–water partition coefficient (Wildman–Crippen LogP) is 4.02. The molecule has 33 heavy (non-hydrogen) atoms. The number of aromatic nitrogens is 4. The van der Waals surface area contributed by atoms with Gasteiger partial charge in [0, 0.05) is 41.3 Å². The zero-order valence-electron chi connectivity index (χ0n) is 18.6. The lowest BCUT2D eigenvalue weighted by molar-refractivity contribution is 0.0952. The Bertz CT molecular complexity index is 1600. The van der Waals surface area contributed by atoms with E-state index in [9.17, 15) is 9.59 Å². The van der Waals surface area contributed by atoms with Gasteiger partial charge in [0.1, 0.15) is 0 Å². The number of nitrogens with zero attached hydrogens (tertiary/aromatic N) is 3. The van der Waals surface area contributed by atoms with E-state index in [4.69, 9.17) is 4.98 Å². The first-order valence-electron chi connectivity index (χ1n) is 10.7. The van der Waals surface area contributed by atoms with Crippen molar-refractivity contribution in [3.63, 3.8) is 0 Å². The second-order valence-corrected chi connectivity index (χ2v) is 8.24. The number of aryl methyl sites for hydroxylation is 2. The summed E-state index contributed by atoms with van der Waals surface area (Å²) in [6.45, 7) is 4.06. The minimum absolute atomic E-state index is 0.121. The van der Waals surface area contributed by atoms with Crippen molar-refractivity contribution in [2.24, 2.45) is 7.05 Å². The smallest absolute Gasteiger partial charge is 0.253 e. The Kier molecular flexibility index (Phi) is 5.01. The summed E-state index contributed by atoms with van der Waals surface area (Å²) in [6, 6.07) is 17.0. The van der Waals surface area contributed by atoms with Gasteiger partial charge in [-0.15, -0.1) is 0 Å². The van der Waals surface area contributed by atoms with Crippen LogP contribution in [0.4, 0.5) is 0 Å². The van der Waals surface area contributed by atoms with Crippen molar-refractivity contribution >= 4 is 27.7 Å². The SMILES string of the molecule is Cc1ccc2cc(CNC(=O)c3cc(-c4cnn(C)c4C)nc4ccccc34)c(=O)[nH]c2c1. The van der Waals surface area contributed by atoms with Crippen LogP contribution in [0.2, 0.25) is 0 Å². The van der Waals surface area contributed by atoms with E-state index in [0.717, 1.165) is 38.6 Å². The molecule has 0 fully saturated rings. The lowest BCUT2D eigenvalue weighted by atomic mass is 10.0. The third-order valence-corrected chi connectivity index (χ3v) is 5.99. The Morgan fingerprint density at radius 3 is 2.70 bits per heavy atom. The lowest BCUT2D eigenvalue weighted by Gasteiger charge is -2.11. The van der Waals surface area contributed by atoms with Crippen LogP contribution in [0.5, 0.6) is 0 Å².